The molecule has 0 saturated heterocycles. The van der Waals surface area contributed by atoms with Crippen LogP contribution in [0, 0.1) is 10.1 Å². The first-order valence-corrected chi connectivity index (χ1v) is 4.84. The number of nitro groups is 1. The SMILES string of the molecule is CCNc1cc([N+](=O)[O-])cc(OCC(F)F)n1. The number of rotatable bonds is 6. The van der Waals surface area contributed by atoms with Gasteiger partial charge in [-0.15, -0.1) is 0 Å². The van der Waals surface area contributed by atoms with Crippen molar-refractivity contribution < 1.29 is 18.4 Å². The van der Waals surface area contributed by atoms with Crippen molar-refractivity contribution in [2.45, 2.75) is 13.3 Å². The molecule has 0 spiro atoms. The summed E-state index contributed by atoms with van der Waals surface area (Å²) in [5, 5.41) is 13.3. The Kier molecular flexibility index (Phi) is 4.56. The molecular weight excluding hydrogens is 236 g/mol. The van der Waals surface area contributed by atoms with Crippen LogP contribution in [0.5, 0.6) is 5.88 Å². The Bertz CT molecular complexity index is 401. The molecule has 0 bridgehead atoms. The molecule has 94 valence electrons. The Morgan fingerprint density at radius 2 is 2.29 bits per heavy atom. The molecule has 6 nitrogen and oxygen atoms in total. The molecule has 1 heterocycles. The minimum Gasteiger partial charge on any atom is -0.471 e. The second-order valence-corrected chi connectivity index (χ2v) is 3.04. The number of hydrogen-bond donors (Lipinski definition) is 1. The molecular formula is C9H11F2N3O3. The van der Waals surface area contributed by atoms with Gasteiger partial charge in [0.25, 0.3) is 12.1 Å². The molecule has 0 fully saturated rings. The van der Waals surface area contributed by atoms with Crippen molar-refractivity contribution in [3.63, 3.8) is 0 Å². The van der Waals surface area contributed by atoms with Gasteiger partial charge in [-0.25, -0.2) is 8.78 Å². The van der Waals surface area contributed by atoms with E-state index in [2.05, 4.69) is 15.0 Å². The number of anilines is 1. The van der Waals surface area contributed by atoms with Crippen LogP contribution in [-0.4, -0.2) is 29.5 Å². The second-order valence-electron chi connectivity index (χ2n) is 3.04. The molecule has 17 heavy (non-hydrogen) atoms. The van der Waals surface area contributed by atoms with Gasteiger partial charge in [-0.3, -0.25) is 10.1 Å². The van der Waals surface area contributed by atoms with Crippen molar-refractivity contribution in [2.24, 2.45) is 0 Å². The van der Waals surface area contributed by atoms with Gasteiger partial charge in [0.2, 0.25) is 5.88 Å². The van der Waals surface area contributed by atoms with Crippen molar-refractivity contribution >= 4 is 11.5 Å². The fraction of sp³-hybridized carbons (Fsp3) is 0.444. The lowest BCUT2D eigenvalue weighted by atomic mass is 10.4. The summed E-state index contributed by atoms with van der Waals surface area (Å²) in [6.07, 6.45) is -2.65. The zero-order valence-electron chi connectivity index (χ0n) is 9.02. The normalized spacial score (nSPS) is 10.4. The summed E-state index contributed by atoms with van der Waals surface area (Å²) in [5.74, 6) is 0.0152. The largest absolute Gasteiger partial charge is 0.471 e. The molecule has 0 radical (unpaired) electrons. The molecule has 1 aromatic rings. The zero-order valence-corrected chi connectivity index (χ0v) is 9.02. The molecule has 0 unspecified atom stereocenters. The summed E-state index contributed by atoms with van der Waals surface area (Å²) in [6, 6.07) is 2.21. The maximum atomic E-state index is 11.9. The van der Waals surface area contributed by atoms with Crippen molar-refractivity contribution in [2.75, 3.05) is 18.5 Å². The van der Waals surface area contributed by atoms with Crippen LogP contribution in [-0.2, 0) is 0 Å². The Balaban J connectivity index is 2.91. The Morgan fingerprint density at radius 3 is 2.82 bits per heavy atom. The van der Waals surface area contributed by atoms with E-state index in [-0.39, 0.29) is 17.4 Å². The lowest BCUT2D eigenvalue weighted by Gasteiger charge is -2.07. The van der Waals surface area contributed by atoms with E-state index in [0.717, 1.165) is 6.07 Å². The average Bonchev–Trinajstić information content (AvgIpc) is 2.26. The van der Waals surface area contributed by atoms with E-state index >= 15 is 0 Å². The van der Waals surface area contributed by atoms with Crippen LogP contribution >= 0.6 is 0 Å². The summed E-state index contributed by atoms with van der Waals surface area (Å²) < 4.78 is 28.5. The molecule has 0 aliphatic heterocycles. The number of nitrogens with one attached hydrogen (secondary N) is 1. The van der Waals surface area contributed by atoms with Crippen molar-refractivity contribution in [3.05, 3.63) is 22.2 Å². The predicted molar refractivity (Wildman–Crippen MR) is 56.6 cm³/mol. The second kappa shape index (κ2) is 5.92. The number of nitrogens with zero attached hydrogens (tertiary/aromatic N) is 2. The highest BCUT2D eigenvalue weighted by Gasteiger charge is 2.13. The smallest absolute Gasteiger partial charge is 0.278 e. The van der Waals surface area contributed by atoms with E-state index < -0.39 is 18.0 Å². The van der Waals surface area contributed by atoms with Crippen LogP contribution in [0.2, 0.25) is 0 Å². The highest BCUT2D eigenvalue weighted by atomic mass is 19.3. The summed E-state index contributed by atoms with van der Waals surface area (Å²) in [4.78, 5) is 13.8. The van der Waals surface area contributed by atoms with E-state index in [1.165, 1.54) is 6.07 Å². The highest BCUT2D eigenvalue weighted by molar-refractivity contribution is 5.48. The molecule has 1 aromatic heterocycles. The van der Waals surface area contributed by atoms with Crippen LogP contribution in [0.3, 0.4) is 0 Å². The maximum Gasteiger partial charge on any atom is 0.278 e. The number of ether oxygens (including phenoxy) is 1. The van der Waals surface area contributed by atoms with Gasteiger partial charge in [0, 0.05) is 6.54 Å². The molecule has 0 atom stereocenters. The van der Waals surface area contributed by atoms with Gasteiger partial charge >= 0.3 is 0 Å². The van der Waals surface area contributed by atoms with Gasteiger partial charge < -0.3 is 10.1 Å². The minimum absolute atomic E-state index is 0.199. The first-order chi connectivity index (χ1) is 8.02. The first-order valence-electron chi connectivity index (χ1n) is 4.84. The summed E-state index contributed by atoms with van der Waals surface area (Å²) >= 11 is 0. The fourth-order valence-electron chi connectivity index (χ4n) is 1.09. The number of alkyl halides is 2. The standard InChI is InChI=1S/C9H11F2N3O3/c1-2-12-8-3-6(14(15)16)4-9(13-8)17-5-7(10)11/h3-4,7H,2,5H2,1H3,(H,12,13). The van der Waals surface area contributed by atoms with Crippen molar-refractivity contribution in [3.8, 4) is 5.88 Å². The van der Waals surface area contributed by atoms with Crippen LogP contribution in [0.25, 0.3) is 0 Å². The van der Waals surface area contributed by atoms with E-state index in [9.17, 15) is 18.9 Å². The third-order valence-corrected chi connectivity index (χ3v) is 1.71. The zero-order chi connectivity index (χ0) is 12.8. The summed E-state index contributed by atoms with van der Waals surface area (Å²) in [7, 11) is 0. The predicted octanol–water partition coefficient (Wildman–Crippen LogP) is 2.07. The van der Waals surface area contributed by atoms with Gasteiger partial charge in [-0.1, -0.05) is 0 Å². The fourth-order valence-corrected chi connectivity index (χ4v) is 1.09. The molecule has 0 saturated carbocycles. The molecule has 0 aliphatic rings. The topological polar surface area (TPSA) is 77.3 Å². The monoisotopic (exact) mass is 247 g/mol. The number of pyridine rings is 1. The van der Waals surface area contributed by atoms with Gasteiger partial charge in [-0.05, 0) is 6.92 Å². The summed E-state index contributed by atoms with van der Waals surface area (Å²) in [5.41, 5.74) is -0.264. The molecule has 0 aliphatic carbocycles. The van der Waals surface area contributed by atoms with Crippen LogP contribution < -0.4 is 10.1 Å². The van der Waals surface area contributed by atoms with Crippen LogP contribution in [0.4, 0.5) is 20.3 Å². The third-order valence-electron chi connectivity index (χ3n) is 1.71. The lowest BCUT2D eigenvalue weighted by molar-refractivity contribution is -0.384. The minimum atomic E-state index is -2.65. The van der Waals surface area contributed by atoms with Crippen molar-refractivity contribution in [1.29, 1.82) is 0 Å². The maximum absolute atomic E-state index is 11.9. The third kappa shape index (κ3) is 4.17. The van der Waals surface area contributed by atoms with Gasteiger partial charge in [0.15, 0.2) is 6.61 Å². The summed E-state index contributed by atoms with van der Waals surface area (Å²) in [6.45, 7) is 1.43. The first kappa shape index (κ1) is 13.1. The molecule has 8 heteroatoms. The van der Waals surface area contributed by atoms with Crippen molar-refractivity contribution in [1.82, 2.24) is 4.98 Å². The van der Waals surface area contributed by atoms with E-state index in [1.807, 2.05) is 0 Å². The van der Waals surface area contributed by atoms with E-state index in [4.69, 9.17) is 0 Å². The van der Waals surface area contributed by atoms with E-state index in [0.29, 0.717) is 6.54 Å². The molecule has 0 aromatic carbocycles. The van der Waals surface area contributed by atoms with Gasteiger partial charge in [0.05, 0.1) is 17.1 Å². The number of aromatic nitrogens is 1. The molecule has 1 rings (SSSR count). The Labute approximate surface area is 95.8 Å². The van der Waals surface area contributed by atoms with Crippen LogP contribution in [0.15, 0.2) is 12.1 Å². The lowest BCUT2D eigenvalue weighted by Crippen LogP contribution is -2.09. The highest BCUT2D eigenvalue weighted by Crippen LogP contribution is 2.22. The Morgan fingerprint density at radius 1 is 1.59 bits per heavy atom. The quantitative estimate of drug-likeness (QED) is 0.615. The number of halogens is 2. The number of hydrogen-bond acceptors (Lipinski definition) is 5. The molecule has 1 N–H and O–H groups in total. The van der Waals surface area contributed by atoms with Crippen LogP contribution in [0.1, 0.15) is 6.92 Å². The molecule has 0 amide bonds. The van der Waals surface area contributed by atoms with Gasteiger partial charge in [0.1, 0.15) is 5.82 Å². The Hall–Kier alpha value is -1.99. The van der Waals surface area contributed by atoms with Gasteiger partial charge in [-0.2, -0.15) is 4.98 Å². The average molecular weight is 247 g/mol. The van der Waals surface area contributed by atoms with E-state index in [1.54, 1.807) is 6.92 Å².